The second kappa shape index (κ2) is 4.51. The maximum absolute atomic E-state index is 13.3. The molecule has 0 heterocycles. The van der Waals surface area contributed by atoms with E-state index in [2.05, 4.69) is 0 Å². The Morgan fingerprint density at radius 1 is 1.21 bits per heavy atom. The topological polar surface area (TPSA) is 26.0 Å². The first kappa shape index (κ1) is 11.1. The Bertz CT molecular complexity index is 290. The minimum atomic E-state index is -0.488. The predicted molar refractivity (Wildman–Crippen MR) is 53.0 cm³/mol. The lowest BCUT2D eigenvalue weighted by Crippen LogP contribution is -2.18. The van der Waals surface area contributed by atoms with E-state index in [0.717, 1.165) is 0 Å². The van der Waals surface area contributed by atoms with Crippen LogP contribution in [0, 0.1) is 11.6 Å². The highest BCUT2D eigenvalue weighted by molar-refractivity contribution is 5.23. The molecule has 0 aliphatic heterocycles. The molecule has 0 saturated heterocycles. The lowest BCUT2D eigenvalue weighted by atomic mass is 9.94. The average molecular weight is 199 g/mol. The maximum Gasteiger partial charge on any atom is 0.129 e. The number of benzene rings is 1. The van der Waals surface area contributed by atoms with E-state index in [9.17, 15) is 8.78 Å². The number of halogens is 2. The molecule has 0 radical (unpaired) electrons. The molecule has 0 amide bonds. The van der Waals surface area contributed by atoms with Crippen molar-refractivity contribution in [2.24, 2.45) is 5.73 Å². The van der Waals surface area contributed by atoms with Gasteiger partial charge in [-0.1, -0.05) is 13.0 Å². The summed E-state index contributed by atoms with van der Waals surface area (Å²) in [5, 5.41) is 0. The summed E-state index contributed by atoms with van der Waals surface area (Å²) in [6.07, 6.45) is 0.581. The minimum absolute atomic E-state index is 0.0518. The van der Waals surface area contributed by atoms with Gasteiger partial charge in [0.2, 0.25) is 0 Å². The molecule has 1 nitrogen and oxygen atoms in total. The zero-order valence-corrected chi connectivity index (χ0v) is 8.43. The van der Waals surface area contributed by atoms with Crippen LogP contribution in [0.2, 0.25) is 0 Å². The number of nitrogens with two attached hydrogens (primary N) is 1. The van der Waals surface area contributed by atoms with Crippen molar-refractivity contribution in [3.8, 4) is 0 Å². The Hall–Kier alpha value is -0.960. The lowest BCUT2D eigenvalue weighted by Gasteiger charge is -2.15. The van der Waals surface area contributed by atoms with Crippen molar-refractivity contribution >= 4 is 0 Å². The van der Waals surface area contributed by atoms with Crippen LogP contribution in [0.3, 0.4) is 0 Å². The Labute approximate surface area is 82.9 Å². The van der Waals surface area contributed by atoms with E-state index in [1.807, 2.05) is 6.92 Å². The third kappa shape index (κ3) is 2.51. The smallest absolute Gasteiger partial charge is 0.129 e. The first-order valence-corrected chi connectivity index (χ1v) is 4.72. The largest absolute Gasteiger partial charge is 0.328 e. The zero-order valence-electron chi connectivity index (χ0n) is 8.43. The van der Waals surface area contributed by atoms with E-state index in [0.29, 0.717) is 6.42 Å². The van der Waals surface area contributed by atoms with Gasteiger partial charge in [0.05, 0.1) is 0 Å². The van der Waals surface area contributed by atoms with Gasteiger partial charge in [0, 0.05) is 11.6 Å². The van der Waals surface area contributed by atoms with E-state index in [1.165, 1.54) is 18.2 Å². The molecule has 0 fully saturated rings. The molecule has 0 aromatic heterocycles. The maximum atomic E-state index is 13.3. The molecule has 3 heteroatoms. The summed E-state index contributed by atoms with van der Waals surface area (Å²) >= 11 is 0. The molecule has 0 saturated carbocycles. The predicted octanol–water partition coefficient (Wildman–Crippen LogP) is 2.81. The van der Waals surface area contributed by atoms with Crippen molar-refractivity contribution in [3.05, 3.63) is 35.4 Å². The van der Waals surface area contributed by atoms with Gasteiger partial charge in [-0.05, 0) is 31.4 Å². The minimum Gasteiger partial charge on any atom is -0.328 e. The van der Waals surface area contributed by atoms with Crippen LogP contribution >= 0.6 is 0 Å². The monoisotopic (exact) mass is 199 g/mol. The summed E-state index contributed by atoms with van der Waals surface area (Å²) in [7, 11) is 0. The highest BCUT2D eigenvalue weighted by Gasteiger charge is 2.16. The van der Waals surface area contributed by atoms with Crippen LogP contribution in [-0.4, -0.2) is 6.04 Å². The summed E-state index contributed by atoms with van der Waals surface area (Å²) in [5.74, 6) is -1.16. The molecule has 1 rings (SSSR count). The van der Waals surface area contributed by atoms with Crippen LogP contribution in [0.4, 0.5) is 8.78 Å². The first-order chi connectivity index (χ1) is 6.52. The molecular formula is C11H15F2N. The van der Waals surface area contributed by atoms with Gasteiger partial charge in [0.25, 0.3) is 0 Å². The Morgan fingerprint density at radius 2 is 1.71 bits per heavy atom. The van der Waals surface area contributed by atoms with Gasteiger partial charge in [-0.15, -0.1) is 0 Å². The summed E-state index contributed by atoms with van der Waals surface area (Å²) < 4.78 is 26.5. The number of rotatable bonds is 3. The second-order valence-corrected chi connectivity index (χ2v) is 3.75. The summed E-state index contributed by atoms with van der Waals surface area (Å²) in [4.78, 5) is 0. The number of hydrogen-bond donors (Lipinski definition) is 1. The van der Waals surface area contributed by atoms with Crippen LogP contribution in [0.1, 0.15) is 31.7 Å². The van der Waals surface area contributed by atoms with E-state index >= 15 is 0 Å². The molecule has 0 aliphatic carbocycles. The molecule has 78 valence electrons. The fraction of sp³-hybridized carbons (Fsp3) is 0.455. The summed E-state index contributed by atoms with van der Waals surface area (Å²) in [6, 6.07) is 3.86. The van der Waals surface area contributed by atoms with Crippen molar-refractivity contribution in [2.75, 3.05) is 0 Å². The average Bonchev–Trinajstić information content (AvgIpc) is 2.01. The van der Waals surface area contributed by atoms with Gasteiger partial charge < -0.3 is 5.73 Å². The molecule has 0 spiro atoms. The molecular weight excluding hydrogens is 184 g/mol. The second-order valence-electron chi connectivity index (χ2n) is 3.75. The van der Waals surface area contributed by atoms with Crippen molar-refractivity contribution in [1.29, 1.82) is 0 Å². The van der Waals surface area contributed by atoms with Gasteiger partial charge in [0.1, 0.15) is 11.6 Å². The van der Waals surface area contributed by atoms with Gasteiger partial charge in [-0.2, -0.15) is 0 Å². The third-order valence-electron chi connectivity index (χ3n) is 2.22. The Balaban J connectivity index is 2.94. The molecule has 1 aromatic carbocycles. The summed E-state index contributed by atoms with van der Waals surface area (Å²) in [6.45, 7) is 3.61. The number of hydrogen-bond acceptors (Lipinski definition) is 1. The molecule has 2 unspecified atom stereocenters. The fourth-order valence-corrected chi connectivity index (χ4v) is 1.66. The molecule has 2 N–H and O–H groups in total. The van der Waals surface area contributed by atoms with Crippen LogP contribution in [-0.2, 0) is 0 Å². The van der Waals surface area contributed by atoms with E-state index in [-0.39, 0.29) is 17.5 Å². The van der Waals surface area contributed by atoms with Crippen LogP contribution < -0.4 is 5.73 Å². The quantitative estimate of drug-likeness (QED) is 0.795. The molecule has 1 aromatic rings. The molecule has 0 aliphatic rings. The van der Waals surface area contributed by atoms with Gasteiger partial charge in [-0.25, -0.2) is 8.78 Å². The SMILES string of the molecule is CC(N)CC(C)c1c(F)cccc1F. The van der Waals surface area contributed by atoms with E-state index in [1.54, 1.807) is 6.92 Å². The van der Waals surface area contributed by atoms with Crippen LogP contribution in [0.25, 0.3) is 0 Å². The Morgan fingerprint density at radius 3 is 2.14 bits per heavy atom. The highest BCUT2D eigenvalue weighted by Crippen LogP contribution is 2.25. The molecule has 14 heavy (non-hydrogen) atoms. The van der Waals surface area contributed by atoms with Crippen molar-refractivity contribution in [2.45, 2.75) is 32.2 Å². The van der Waals surface area contributed by atoms with Crippen molar-refractivity contribution < 1.29 is 8.78 Å². The third-order valence-corrected chi connectivity index (χ3v) is 2.22. The normalized spacial score (nSPS) is 15.2. The standard InChI is InChI=1S/C11H15F2N/c1-7(6-8(2)14)11-9(12)4-3-5-10(11)13/h3-5,7-8H,6,14H2,1-2H3. The summed E-state index contributed by atoms with van der Waals surface area (Å²) in [5.41, 5.74) is 5.73. The Kier molecular flexibility index (Phi) is 3.58. The van der Waals surface area contributed by atoms with Crippen molar-refractivity contribution in [1.82, 2.24) is 0 Å². The van der Waals surface area contributed by atoms with E-state index in [4.69, 9.17) is 5.73 Å². The van der Waals surface area contributed by atoms with E-state index < -0.39 is 11.6 Å². The molecule has 0 bridgehead atoms. The van der Waals surface area contributed by atoms with Gasteiger partial charge in [0.15, 0.2) is 0 Å². The fourth-order valence-electron chi connectivity index (χ4n) is 1.66. The van der Waals surface area contributed by atoms with Crippen molar-refractivity contribution in [3.63, 3.8) is 0 Å². The zero-order chi connectivity index (χ0) is 10.7. The first-order valence-electron chi connectivity index (χ1n) is 4.72. The van der Waals surface area contributed by atoms with Crippen LogP contribution in [0.15, 0.2) is 18.2 Å². The molecule has 2 atom stereocenters. The highest BCUT2D eigenvalue weighted by atomic mass is 19.1. The van der Waals surface area contributed by atoms with Gasteiger partial charge >= 0.3 is 0 Å². The van der Waals surface area contributed by atoms with Crippen LogP contribution in [0.5, 0.6) is 0 Å². The lowest BCUT2D eigenvalue weighted by molar-refractivity contribution is 0.501. The van der Waals surface area contributed by atoms with Gasteiger partial charge in [-0.3, -0.25) is 0 Å².